The molecule has 1 N–H and O–H groups in total. The minimum Gasteiger partial charge on any atom is -0.493 e. The molecule has 150 valence electrons. The van der Waals surface area contributed by atoms with Gasteiger partial charge in [-0.25, -0.2) is 4.99 Å². The number of benzene rings is 1. The molecule has 8 heteroatoms. The van der Waals surface area contributed by atoms with E-state index in [1.54, 1.807) is 26.6 Å². The Morgan fingerprint density at radius 3 is 2.72 bits per heavy atom. The van der Waals surface area contributed by atoms with E-state index in [-0.39, 0.29) is 0 Å². The van der Waals surface area contributed by atoms with Gasteiger partial charge >= 0.3 is 0 Å². The van der Waals surface area contributed by atoms with Crippen LogP contribution in [0.1, 0.15) is 10.4 Å². The highest BCUT2D eigenvalue weighted by molar-refractivity contribution is 8.14. The highest BCUT2D eigenvalue weighted by Crippen LogP contribution is 2.43. The number of pyridine rings is 1. The van der Waals surface area contributed by atoms with Crippen molar-refractivity contribution in [2.45, 2.75) is 12.3 Å². The zero-order valence-electron chi connectivity index (χ0n) is 16.1. The number of amidine groups is 1. The summed E-state index contributed by atoms with van der Waals surface area (Å²) in [4.78, 5) is 11.7. The molecule has 0 spiro atoms. The molecule has 2 aromatic heterocycles. The van der Waals surface area contributed by atoms with Gasteiger partial charge < -0.3 is 19.5 Å². The lowest BCUT2D eigenvalue weighted by Gasteiger charge is -2.33. The Bertz CT molecular complexity index is 996. The van der Waals surface area contributed by atoms with E-state index in [1.165, 1.54) is 23.1 Å². The van der Waals surface area contributed by atoms with Crippen molar-refractivity contribution < 1.29 is 14.6 Å². The van der Waals surface area contributed by atoms with Gasteiger partial charge in [0.25, 0.3) is 0 Å². The fourth-order valence-corrected chi connectivity index (χ4v) is 5.28. The number of rotatable bonds is 6. The van der Waals surface area contributed by atoms with Crippen LogP contribution in [0.2, 0.25) is 0 Å². The van der Waals surface area contributed by atoms with Crippen LogP contribution >= 0.6 is 23.1 Å². The minimum atomic E-state index is -1.13. The van der Waals surface area contributed by atoms with Gasteiger partial charge in [-0.1, -0.05) is 23.9 Å². The quantitative estimate of drug-likeness (QED) is 0.635. The molecule has 0 aliphatic carbocycles. The second kappa shape index (κ2) is 8.44. The van der Waals surface area contributed by atoms with E-state index >= 15 is 0 Å². The SMILES string of the molecule is COc1ccc(CN2C(=Nc3cccnc3)SCC2(O)c2cccs2)cc1OC. The third kappa shape index (κ3) is 3.96. The number of thioether (sulfide) groups is 1. The third-order valence-electron chi connectivity index (χ3n) is 4.66. The monoisotopic (exact) mass is 427 g/mol. The van der Waals surface area contributed by atoms with E-state index in [9.17, 15) is 5.11 Å². The Morgan fingerprint density at radius 1 is 1.17 bits per heavy atom. The van der Waals surface area contributed by atoms with Crippen molar-refractivity contribution in [3.05, 3.63) is 70.7 Å². The van der Waals surface area contributed by atoms with E-state index < -0.39 is 5.72 Å². The summed E-state index contributed by atoms with van der Waals surface area (Å²) in [5.41, 5.74) is 0.606. The normalized spacial score (nSPS) is 20.2. The standard InChI is InChI=1S/C21H21N3O3S2/c1-26-17-8-7-15(11-18(17)27-2)13-24-20(23-16-5-3-9-22-12-16)29-14-21(24,25)19-6-4-10-28-19/h3-12,25H,13-14H2,1-2H3. The van der Waals surface area contributed by atoms with Gasteiger partial charge in [0.05, 0.1) is 36.7 Å². The van der Waals surface area contributed by atoms with Gasteiger partial charge in [0.15, 0.2) is 22.4 Å². The summed E-state index contributed by atoms with van der Waals surface area (Å²) in [6, 6.07) is 13.4. The van der Waals surface area contributed by atoms with Crippen LogP contribution in [-0.2, 0) is 12.3 Å². The van der Waals surface area contributed by atoms with Gasteiger partial charge in [-0.2, -0.15) is 0 Å². The second-order valence-corrected chi connectivity index (χ2v) is 8.35. The Hall–Kier alpha value is -2.55. The lowest BCUT2D eigenvalue weighted by molar-refractivity contribution is -0.0488. The van der Waals surface area contributed by atoms with Gasteiger partial charge in [-0.15, -0.1) is 11.3 Å². The van der Waals surface area contributed by atoms with Gasteiger partial charge in [0, 0.05) is 12.7 Å². The first kappa shape index (κ1) is 19.8. The fourth-order valence-electron chi connectivity index (χ4n) is 3.17. The number of thiophene rings is 1. The van der Waals surface area contributed by atoms with Crippen LogP contribution in [0.3, 0.4) is 0 Å². The van der Waals surface area contributed by atoms with E-state index in [4.69, 9.17) is 14.5 Å². The molecule has 1 fully saturated rings. The molecule has 1 aliphatic rings. The smallest absolute Gasteiger partial charge is 0.185 e. The van der Waals surface area contributed by atoms with Gasteiger partial charge in [-0.05, 0) is 41.3 Å². The lowest BCUT2D eigenvalue weighted by atomic mass is 10.1. The molecule has 3 aromatic rings. The Morgan fingerprint density at radius 2 is 2.03 bits per heavy atom. The maximum atomic E-state index is 11.6. The van der Waals surface area contributed by atoms with Crippen LogP contribution in [0.4, 0.5) is 5.69 Å². The maximum absolute atomic E-state index is 11.6. The van der Waals surface area contributed by atoms with E-state index in [0.717, 1.165) is 21.3 Å². The van der Waals surface area contributed by atoms with Crippen molar-refractivity contribution in [1.29, 1.82) is 0 Å². The number of hydrogen-bond acceptors (Lipinski definition) is 7. The summed E-state index contributed by atoms with van der Waals surface area (Å²) in [7, 11) is 3.23. The highest BCUT2D eigenvalue weighted by Gasteiger charge is 2.45. The molecule has 6 nitrogen and oxygen atoms in total. The molecule has 1 aromatic carbocycles. The maximum Gasteiger partial charge on any atom is 0.185 e. The molecular weight excluding hydrogens is 406 g/mol. The summed E-state index contributed by atoms with van der Waals surface area (Å²) < 4.78 is 10.8. The van der Waals surface area contributed by atoms with Crippen LogP contribution in [0.25, 0.3) is 0 Å². The third-order valence-corrected chi connectivity index (χ3v) is 6.78. The summed E-state index contributed by atoms with van der Waals surface area (Å²) in [5.74, 6) is 1.83. The second-order valence-electron chi connectivity index (χ2n) is 6.46. The molecule has 1 saturated heterocycles. The van der Waals surface area contributed by atoms with Crippen molar-refractivity contribution in [1.82, 2.24) is 9.88 Å². The van der Waals surface area contributed by atoms with Crippen LogP contribution in [0.5, 0.6) is 11.5 Å². The Balaban J connectivity index is 1.72. The van der Waals surface area contributed by atoms with E-state index in [1.807, 2.05) is 52.7 Å². The number of aromatic nitrogens is 1. The lowest BCUT2D eigenvalue weighted by Crippen LogP contribution is -2.43. The number of ether oxygens (including phenoxy) is 2. The summed E-state index contributed by atoms with van der Waals surface area (Å²) in [5, 5.41) is 14.3. The van der Waals surface area contributed by atoms with Crippen LogP contribution in [0, 0.1) is 0 Å². The van der Waals surface area contributed by atoms with Crippen molar-refractivity contribution in [3.63, 3.8) is 0 Å². The molecule has 0 saturated carbocycles. The molecule has 1 aliphatic heterocycles. The molecule has 4 rings (SSSR count). The average Bonchev–Trinajstić information content (AvgIpc) is 3.40. The first-order valence-corrected chi connectivity index (χ1v) is 10.9. The first-order chi connectivity index (χ1) is 14.1. The topological polar surface area (TPSA) is 67.2 Å². The largest absolute Gasteiger partial charge is 0.493 e. The summed E-state index contributed by atoms with van der Waals surface area (Å²) in [6.07, 6.45) is 3.43. The average molecular weight is 428 g/mol. The zero-order valence-corrected chi connectivity index (χ0v) is 17.7. The van der Waals surface area contributed by atoms with Crippen LogP contribution in [0.15, 0.2) is 65.2 Å². The Kier molecular flexibility index (Phi) is 5.75. The molecular formula is C21H21N3O3S2. The van der Waals surface area contributed by atoms with Crippen LogP contribution in [-0.4, -0.2) is 40.1 Å². The number of nitrogens with zero attached hydrogens (tertiary/aromatic N) is 3. The predicted molar refractivity (Wildman–Crippen MR) is 117 cm³/mol. The zero-order chi connectivity index (χ0) is 20.3. The van der Waals surface area contributed by atoms with Crippen molar-refractivity contribution in [2.24, 2.45) is 4.99 Å². The van der Waals surface area contributed by atoms with Crippen molar-refractivity contribution in [2.75, 3.05) is 20.0 Å². The molecule has 0 amide bonds. The predicted octanol–water partition coefficient (Wildman–Crippen LogP) is 4.24. The van der Waals surface area contributed by atoms with Crippen molar-refractivity contribution in [3.8, 4) is 11.5 Å². The molecule has 3 heterocycles. The number of methoxy groups -OCH3 is 2. The molecule has 0 radical (unpaired) electrons. The molecule has 1 unspecified atom stereocenters. The number of aliphatic hydroxyl groups is 1. The number of aliphatic imine (C=N–C) groups is 1. The van der Waals surface area contributed by atoms with Crippen molar-refractivity contribution >= 4 is 34.0 Å². The summed E-state index contributed by atoms with van der Waals surface area (Å²) >= 11 is 3.07. The van der Waals surface area contributed by atoms with E-state index in [0.29, 0.717) is 23.8 Å². The fraction of sp³-hybridized carbons (Fsp3) is 0.238. The first-order valence-electron chi connectivity index (χ1n) is 9.00. The van der Waals surface area contributed by atoms with Gasteiger partial charge in [-0.3, -0.25) is 4.98 Å². The Labute approximate surface area is 177 Å². The molecule has 1 atom stereocenters. The van der Waals surface area contributed by atoms with Gasteiger partial charge in [0.1, 0.15) is 0 Å². The molecule has 0 bridgehead atoms. The van der Waals surface area contributed by atoms with Gasteiger partial charge in [0.2, 0.25) is 0 Å². The minimum absolute atomic E-state index is 0.473. The van der Waals surface area contributed by atoms with Crippen LogP contribution < -0.4 is 9.47 Å². The molecule has 29 heavy (non-hydrogen) atoms. The summed E-state index contributed by atoms with van der Waals surface area (Å²) in [6.45, 7) is 0.473. The number of hydrogen-bond donors (Lipinski definition) is 1. The highest BCUT2D eigenvalue weighted by atomic mass is 32.2. The van der Waals surface area contributed by atoms with E-state index in [2.05, 4.69) is 4.98 Å².